The predicted molar refractivity (Wildman–Crippen MR) is 106 cm³/mol. The number of hydrogen-bond acceptors (Lipinski definition) is 4. The lowest BCUT2D eigenvalue weighted by atomic mass is 10.1. The van der Waals surface area contributed by atoms with Crippen molar-refractivity contribution >= 4 is 23.2 Å². The molecule has 30 heavy (non-hydrogen) atoms. The van der Waals surface area contributed by atoms with Crippen molar-refractivity contribution in [1.82, 2.24) is 29.5 Å². The summed E-state index contributed by atoms with van der Waals surface area (Å²) in [5.41, 5.74) is 0.756. The fourth-order valence-corrected chi connectivity index (χ4v) is 3.41. The molecule has 0 N–H and O–H groups in total. The molecule has 0 radical (unpaired) electrons. The highest BCUT2D eigenvalue weighted by molar-refractivity contribution is 6.42. The molecule has 11 heteroatoms. The Kier molecular flexibility index (Phi) is 5.25. The van der Waals surface area contributed by atoms with Crippen molar-refractivity contribution in [3.8, 4) is 22.6 Å². The lowest BCUT2D eigenvalue weighted by Gasteiger charge is -2.08. The number of pyridine rings is 1. The van der Waals surface area contributed by atoms with Gasteiger partial charge in [-0.15, -0.1) is 5.10 Å². The topological polar surface area (TPSA) is 61.4 Å². The van der Waals surface area contributed by atoms with Gasteiger partial charge in [-0.05, 0) is 23.8 Å². The normalized spacial score (nSPS) is 11.8. The first-order valence-electron chi connectivity index (χ1n) is 8.62. The third-order valence-electron chi connectivity index (χ3n) is 4.41. The number of imidazole rings is 1. The van der Waals surface area contributed by atoms with Crippen LogP contribution in [0.4, 0.5) is 13.2 Å². The lowest BCUT2D eigenvalue weighted by Crippen LogP contribution is -2.13. The molecule has 6 nitrogen and oxygen atoms in total. The van der Waals surface area contributed by atoms with E-state index in [0.29, 0.717) is 32.7 Å². The highest BCUT2D eigenvalue weighted by atomic mass is 35.5. The summed E-state index contributed by atoms with van der Waals surface area (Å²) in [6.07, 6.45) is 0.135. The number of halogens is 5. The Labute approximate surface area is 178 Å². The van der Waals surface area contributed by atoms with Gasteiger partial charge >= 0.3 is 6.18 Å². The molecular formula is C19H13Cl2F3N6. The van der Waals surface area contributed by atoms with Crippen LogP contribution < -0.4 is 0 Å². The zero-order valence-electron chi connectivity index (χ0n) is 15.4. The van der Waals surface area contributed by atoms with E-state index in [1.165, 1.54) is 25.4 Å². The second kappa shape index (κ2) is 7.73. The molecule has 0 aliphatic rings. The Morgan fingerprint density at radius 1 is 1.07 bits per heavy atom. The fraction of sp³-hybridized carbons (Fsp3) is 0.158. The third-order valence-corrected chi connectivity index (χ3v) is 5.27. The van der Waals surface area contributed by atoms with Crippen molar-refractivity contribution in [2.24, 2.45) is 7.05 Å². The Morgan fingerprint density at radius 3 is 2.63 bits per heavy atom. The van der Waals surface area contributed by atoms with Crippen LogP contribution in [0.25, 0.3) is 22.6 Å². The predicted octanol–water partition coefficient (Wildman–Crippen LogP) is 5.11. The second-order valence-corrected chi connectivity index (χ2v) is 7.27. The van der Waals surface area contributed by atoms with Gasteiger partial charge in [0.15, 0.2) is 5.69 Å². The summed E-state index contributed by atoms with van der Waals surface area (Å²) in [5.74, 6) is 0. The molecule has 3 aromatic heterocycles. The van der Waals surface area contributed by atoms with Crippen LogP contribution in [0.3, 0.4) is 0 Å². The number of aromatic nitrogens is 6. The minimum absolute atomic E-state index is 0.243. The first kappa shape index (κ1) is 20.4. The number of nitrogens with zero attached hydrogens (tertiary/aromatic N) is 6. The molecule has 3 heterocycles. The largest absolute Gasteiger partial charge is 0.435 e. The van der Waals surface area contributed by atoms with Crippen LogP contribution in [0.5, 0.6) is 0 Å². The van der Waals surface area contributed by atoms with Gasteiger partial charge in [-0.1, -0.05) is 40.5 Å². The average Bonchev–Trinajstić information content (AvgIpc) is 3.32. The zero-order chi connectivity index (χ0) is 21.5. The van der Waals surface area contributed by atoms with Gasteiger partial charge in [0.1, 0.15) is 11.4 Å². The third kappa shape index (κ3) is 3.90. The Bertz CT molecular complexity index is 1220. The second-order valence-electron chi connectivity index (χ2n) is 6.48. The van der Waals surface area contributed by atoms with Crippen LogP contribution in [0.1, 0.15) is 11.3 Å². The maximum absolute atomic E-state index is 13.4. The summed E-state index contributed by atoms with van der Waals surface area (Å²) in [6, 6.07) is 8.29. The SMILES string of the molecule is Cn1nnc(-c2ccnc(-c3cn(Cc4cccc(Cl)c4Cl)cn3)c2)c1C(F)(F)F. The molecule has 1 aromatic carbocycles. The quantitative estimate of drug-likeness (QED) is 0.431. The molecule has 0 unspecified atom stereocenters. The van der Waals surface area contributed by atoms with Crippen LogP contribution in [-0.4, -0.2) is 29.5 Å². The molecule has 154 valence electrons. The van der Waals surface area contributed by atoms with Crippen LogP contribution in [-0.2, 0) is 19.8 Å². The number of rotatable bonds is 4. The highest BCUT2D eigenvalue weighted by Crippen LogP contribution is 2.36. The molecular weight excluding hydrogens is 440 g/mol. The Balaban J connectivity index is 1.66. The van der Waals surface area contributed by atoms with Crippen LogP contribution in [0, 0.1) is 0 Å². The van der Waals surface area contributed by atoms with E-state index in [-0.39, 0.29) is 11.3 Å². The summed E-state index contributed by atoms with van der Waals surface area (Å²) in [4.78, 5) is 8.53. The van der Waals surface area contributed by atoms with Crippen molar-refractivity contribution in [2.75, 3.05) is 0 Å². The molecule has 0 spiro atoms. The van der Waals surface area contributed by atoms with E-state index in [4.69, 9.17) is 23.2 Å². The van der Waals surface area contributed by atoms with Gasteiger partial charge in [0.25, 0.3) is 0 Å². The van der Waals surface area contributed by atoms with Gasteiger partial charge in [-0.3, -0.25) is 4.98 Å². The summed E-state index contributed by atoms with van der Waals surface area (Å²) in [5, 5.41) is 8.10. The molecule has 0 aliphatic heterocycles. The minimum atomic E-state index is -4.59. The summed E-state index contributed by atoms with van der Waals surface area (Å²) < 4.78 is 42.6. The number of hydrogen-bond donors (Lipinski definition) is 0. The van der Waals surface area contributed by atoms with Gasteiger partial charge in [0.05, 0.1) is 28.6 Å². The van der Waals surface area contributed by atoms with Crippen LogP contribution in [0.15, 0.2) is 49.1 Å². The van der Waals surface area contributed by atoms with E-state index in [1.54, 1.807) is 29.2 Å². The molecule has 4 rings (SSSR count). The summed E-state index contributed by atoms with van der Waals surface area (Å²) >= 11 is 12.3. The van der Waals surface area contributed by atoms with E-state index in [0.717, 1.165) is 5.56 Å². The highest BCUT2D eigenvalue weighted by Gasteiger charge is 2.39. The molecule has 0 saturated carbocycles. The van der Waals surface area contributed by atoms with Crippen molar-refractivity contribution in [2.45, 2.75) is 12.7 Å². The van der Waals surface area contributed by atoms with E-state index in [2.05, 4.69) is 20.3 Å². The summed E-state index contributed by atoms with van der Waals surface area (Å²) in [7, 11) is 1.20. The number of alkyl halides is 3. The fourth-order valence-electron chi connectivity index (χ4n) is 3.03. The Morgan fingerprint density at radius 2 is 1.87 bits per heavy atom. The van der Waals surface area contributed by atoms with Gasteiger partial charge in [-0.25, -0.2) is 9.67 Å². The van der Waals surface area contributed by atoms with Crippen molar-refractivity contribution in [3.63, 3.8) is 0 Å². The van der Waals surface area contributed by atoms with Gasteiger partial charge in [0.2, 0.25) is 0 Å². The van der Waals surface area contributed by atoms with Crippen LogP contribution in [0.2, 0.25) is 10.0 Å². The van der Waals surface area contributed by atoms with E-state index in [1.807, 2.05) is 6.07 Å². The maximum Gasteiger partial charge on any atom is 0.435 e. The van der Waals surface area contributed by atoms with Crippen molar-refractivity contribution in [3.05, 3.63) is 70.4 Å². The molecule has 0 bridgehead atoms. The van der Waals surface area contributed by atoms with Gasteiger partial charge in [0, 0.05) is 25.0 Å². The van der Waals surface area contributed by atoms with Gasteiger partial charge < -0.3 is 4.57 Å². The Hall–Kier alpha value is -2.91. The first-order valence-corrected chi connectivity index (χ1v) is 9.38. The van der Waals surface area contributed by atoms with Gasteiger partial charge in [-0.2, -0.15) is 13.2 Å². The number of benzene rings is 1. The minimum Gasteiger partial charge on any atom is -0.332 e. The first-order chi connectivity index (χ1) is 14.2. The number of aryl methyl sites for hydroxylation is 1. The van der Waals surface area contributed by atoms with Crippen molar-refractivity contribution in [1.29, 1.82) is 0 Å². The lowest BCUT2D eigenvalue weighted by molar-refractivity contribution is -0.143. The standard InChI is InChI=1S/C19H13Cl2F3N6/c1-29-18(19(22,23)24)17(27-28-29)11-5-6-25-14(7-11)15-9-30(10-26-15)8-12-3-2-4-13(20)16(12)21/h2-7,9-10H,8H2,1H3. The maximum atomic E-state index is 13.4. The smallest absolute Gasteiger partial charge is 0.332 e. The molecule has 0 atom stereocenters. The van der Waals surface area contributed by atoms with E-state index < -0.39 is 11.9 Å². The van der Waals surface area contributed by atoms with Crippen molar-refractivity contribution < 1.29 is 13.2 Å². The molecule has 4 aromatic rings. The molecule has 0 amide bonds. The van der Waals surface area contributed by atoms with Crippen LogP contribution >= 0.6 is 23.2 Å². The van der Waals surface area contributed by atoms with E-state index >= 15 is 0 Å². The average molecular weight is 453 g/mol. The molecule has 0 fully saturated rings. The zero-order valence-corrected chi connectivity index (χ0v) is 16.9. The summed E-state index contributed by atoms with van der Waals surface area (Å²) in [6.45, 7) is 0.425. The molecule has 0 saturated heterocycles. The molecule has 0 aliphatic carbocycles. The van der Waals surface area contributed by atoms with E-state index in [9.17, 15) is 13.2 Å². The monoisotopic (exact) mass is 452 g/mol.